The molecule has 0 saturated carbocycles. The molecule has 0 aliphatic carbocycles. The van der Waals surface area contributed by atoms with Crippen LogP contribution < -0.4 is 9.47 Å². The van der Waals surface area contributed by atoms with Crippen LogP contribution in [0.1, 0.15) is 32.6 Å². The lowest BCUT2D eigenvalue weighted by Gasteiger charge is -2.21. The topological polar surface area (TPSA) is 87.9 Å². The van der Waals surface area contributed by atoms with Crippen molar-refractivity contribution >= 4 is 12.0 Å². The summed E-state index contributed by atoms with van der Waals surface area (Å²) in [6.45, 7) is 4.18. The van der Waals surface area contributed by atoms with Gasteiger partial charge >= 0.3 is 0 Å². The van der Waals surface area contributed by atoms with Crippen molar-refractivity contribution < 1.29 is 23.9 Å². The Kier molecular flexibility index (Phi) is 4.67. The molecule has 0 bridgehead atoms. The largest absolute Gasteiger partial charge is 0.488 e. The van der Waals surface area contributed by atoms with E-state index in [0.717, 1.165) is 17.4 Å². The monoisotopic (exact) mass is 343 g/mol. The van der Waals surface area contributed by atoms with E-state index in [1.54, 1.807) is 12.1 Å². The lowest BCUT2D eigenvalue weighted by atomic mass is 10.1. The molecule has 1 aliphatic rings. The van der Waals surface area contributed by atoms with E-state index in [4.69, 9.17) is 14.2 Å². The Hall–Kier alpha value is -2.93. The Morgan fingerprint density at radius 1 is 1.24 bits per heavy atom. The summed E-state index contributed by atoms with van der Waals surface area (Å²) in [5.41, 5.74) is 3.41. The number of fused-ring (bicyclic) bond motifs is 1. The van der Waals surface area contributed by atoms with Gasteiger partial charge in [0.05, 0.1) is 11.5 Å². The first-order valence-corrected chi connectivity index (χ1v) is 7.69. The molecule has 2 aromatic carbocycles. The van der Waals surface area contributed by atoms with E-state index in [1.807, 2.05) is 13.8 Å². The third-order valence-electron chi connectivity index (χ3n) is 3.97. The fourth-order valence-corrected chi connectivity index (χ4v) is 2.92. The van der Waals surface area contributed by atoms with Crippen molar-refractivity contribution in [2.75, 3.05) is 6.79 Å². The van der Waals surface area contributed by atoms with Crippen molar-refractivity contribution in [1.82, 2.24) is 0 Å². The highest BCUT2D eigenvalue weighted by Gasteiger charge is 2.21. The summed E-state index contributed by atoms with van der Waals surface area (Å²) in [6.07, 6.45) is 0.786. The van der Waals surface area contributed by atoms with Crippen molar-refractivity contribution in [3.05, 3.63) is 62.2 Å². The summed E-state index contributed by atoms with van der Waals surface area (Å²) >= 11 is 0. The van der Waals surface area contributed by atoms with Crippen LogP contribution in [0.3, 0.4) is 0 Å². The second-order valence-corrected chi connectivity index (χ2v) is 5.85. The number of non-ortho nitro benzene ring substituents is 1. The van der Waals surface area contributed by atoms with Gasteiger partial charge in [0.15, 0.2) is 6.79 Å². The Morgan fingerprint density at radius 3 is 2.60 bits per heavy atom. The van der Waals surface area contributed by atoms with Crippen molar-refractivity contribution in [2.24, 2.45) is 0 Å². The van der Waals surface area contributed by atoms with Crippen LogP contribution in [0.15, 0.2) is 24.3 Å². The molecule has 3 rings (SSSR count). The van der Waals surface area contributed by atoms with E-state index >= 15 is 0 Å². The van der Waals surface area contributed by atoms with Crippen LogP contribution in [0.25, 0.3) is 0 Å². The molecule has 1 aliphatic heterocycles. The molecule has 0 amide bonds. The zero-order valence-electron chi connectivity index (χ0n) is 13.9. The minimum absolute atomic E-state index is 0.0313. The van der Waals surface area contributed by atoms with Crippen LogP contribution in [-0.4, -0.2) is 18.0 Å². The van der Waals surface area contributed by atoms with Crippen molar-refractivity contribution in [3.63, 3.8) is 0 Å². The standard InChI is InChI=1S/C18H17NO6/c1-11-3-13(7-20)4-12(2)17(11)24-9-15-6-16(19(21)22)5-14-8-23-10-25-18(14)15/h3-7H,8-10H2,1-2H3. The molecule has 0 spiro atoms. The maximum atomic E-state index is 11.1. The van der Waals surface area contributed by atoms with Crippen molar-refractivity contribution in [3.8, 4) is 11.5 Å². The van der Waals surface area contributed by atoms with Gasteiger partial charge < -0.3 is 14.2 Å². The van der Waals surface area contributed by atoms with Gasteiger partial charge in [-0.25, -0.2) is 0 Å². The van der Waals surface area contributed by atoms with Crippen molar-refractivity contribution in [1.29, 1.82) is 0 Å². The molecule has 0 unspecified atom stereocenters. The summed E-state index contributed by atoms with van der Waals surface area (Å²) in [6, 6.07) is 6.38. The molecule has 0 radical (unpaired) electrons. The number of carbonyl (C=O) groups excluding carboxylic acids is 1. The van der Waals surface area contributed by atoms with Gasteiger partial charge in [0.1, 0.15) is 24.4 Å². The Bertz CT molecular complexity index is 823. The minimum Gasteiger partial charge on any atom is -0.488 e. The fourth-order valence-electron chi connectivity index (χ4n) is 2.92. The van der Waals surface area contributed by atoms with E-state index in [2.05, 4.69) is 0 Å². The summed E-state index contributed by atoms with van der Waals surface area (Å²) < 4.78 is 16.6. The van der Waals surface area contributed by atoms with Gasteiger partial charge in [0.25, 0.3) is 5.69 Å². The summed E-state index contributed by atoms with van der Waals surface area (Å²) in [5.74, 6) is 1.22. The molecule has 0 saturated heterocycles. The van der Waals surface area contributed by atoms with Crippen LogP contribution in [0, 0.1) is 24.0 Å². The number of nitro benzene ring substituents is 1. The van der Waals surface area contributed by atoms with Gasteiger partial charge in [-0.2, -0.15) is 0 Å². The summed E-state index contributed by atoms with van der Waals surface area (Å²) in [4.78, 5) is 21.6. The number of hydrogen-bond acceptors (Lipinski definition) is 6. The number of nitrogens with zero attached hydrogens (tertiary/aromatic N) is 1. The second-order valence-electron chi connectivity index (χ2n) is 5.85. The minimum atomic E-state index is -0.451. The third kappa shape index (κ3) is 3.46. The highest BCUT2D eigenvalue weighted by Crippen LogP contribution is 2.34. The molecule has 25 heavy (non-hydrogen) atoms. The Morgan fingerprint density at radius 2 is 1.96 bits per heavy atom. The first-order valence-electron chi connectivity index (χ1n) is 7.69. The molecular formula is C18H17NO6. The fraction of sp³-hybridized carbons (Fsp3) is 0.278. The Balaban J connectivity index is 1.92. The molecule has 7 nitrogen and oxygen atoms in total. The van der Waals surface area contributed by atoms with Gasteiger partial charge in [-0.3, -0.25) is 14.9 Å². The van der Waals surface area contributed by atoms with Crippen LogP contribution in [0.2, 0.25) is 0 Å². The third-order valence-corrected chi connectivity index (χ3v) is 3.97. The maximum Gasteiger partial charge on any atom is 0.270 e. The number of ether oxygens (including phenoxy) is 3. The number of benzene rings is 2. The zero-order chi connectivity index (χ0) is 18.0. The SMILES string of the molecule is Cc1cc(C=O)cc(C)c1OCc1cc([N+](=O)[O-])cc2c1OCOC2. The quantitative estimate of drug-likeness (QED) is 0.469. The number of aryl methyl sites for hydroxylation is 2. The number of hydrogen-bond donors (Lipinski definition) is 0. The molecule has 130 valence electrons. The van der Waals surface area contributed by atoms with Gasteiger partial charge in [-0.05, 0) is 37.1 Å². The van der Waals surface area contributed by atoms with Crippen LogP contribution in [0.4, 0.5) is 5.69 Å². The maximum absolute atomic E-state index is 11.1. The van der Waals surface area contributed by atoms with Crippen LogP contribution in [-0.2, 0) is 18.0 Å². The number of aldehydes is 1. The number of nitro groups is 1. The van der Waals surface area contributed by atoms with E-state index in [-0.39, 0.29) is 25.7 Å². The number of carbonyl (C=O) groups is 1. The van der Waals surface area contributed by atoms with E-state index in [9.17, 15) is 14.9 Å². The normalized spacial score (nSPS) is 12.9. The lowest BCUT2D eigenvalue weighted by Crippen LogP contribution is -2.14. The Labute approximate surface area is 144 Å². The van der Waals surface area contributed by atoms with Gasteiger partial charge in [0.2, 0.25) is 0 Å². The smallest absolute Gasteiger partial charge is 0.270 e. The predicted octanol–water partition coefficient (Wildman–Crippen LogP) is 3.47. The average Bonchev–Trinajstić information content (AvgIpc) is 2.60. The predicted molar refractivity (Wildman–Crippen MR) is 89.0 cm³/mol. The molecular weight excluding hydrogens is 326 g/mol. The molecule has 0 N–H and O–H groups in total. The first-order chi connectivity index (χ1) is 12.0. The molecule has 0 aromatic heterocycles. The molecule has 7 heteroatoms. The molecule has 0 fully saturated rings. The molecule has 2 aromatic rings. The lowest BCUT2D eigenvalue weighted by molar-refractivity contribution is -0.385. The van der Waals surface area contributed by atoms with Gasteiger partial charge in [-0.1, -0.05) is 0 Å². The van der Waals surface area contributed by atoms with Crippen molar-refractivity contribution in [2.45, 2.75) is 27.1 Å². The highest BCUT2D eigenvalue weighted by molar-refractivity contribution is 5.76. The first kappa shape index (κ1) is 16.9. The number of rotatable bonds is 5. The van der Waals surface area contributed by atoms with Gasteiger partial charge in [-0.15, -0.1) is 0 Å². The van der Waals surface area contributed by atoms with E-state index in [0.29, 0.717) is 28.2 Å². The van der Waals surface area contributed by atoms with E-state index in [1.165, 1.54) is 12.1 Å². The summed E-state index contributed by atoms with van der Waals surface area (Å²) in [5, 5.41) is 11.1. The zero-order valence-corrected chi connectivity index (χ0v) is 13.9. The molecule has 1 heterocycles. The highest BCUT2D eigenvalue weighted by atomic mass is 16.7. The van der Waals surface area contributed by atoms with Crippen LogP contribution in [0.5, 0.6) is 11.5 Å². The average molecular weight is 343 g/mol. The van der Waals surface area contributed by atoms with E-state index < -0.39 is 4.92 Å². The van der Waals surface area contributed by atoms with Crippen LogP contribution >= 0.6 is 0 Å². The molecule has 0 atom stereocenters. The summed E-state index contributed by atoms with van der Waals surface area (Å²) in [7, 11) is 0. The second kappa shape index (κ2) is 6.90. The van der Waals surface area contributed by atoms with Gasteiger partial charge in [0, 0.05) is 28.8 Å².